The van der Waals surface area contributed by atoms with Crippen molar-refractivity contribution in [3.05, 3.63) is 35.9 Å². The fraction of sp³-hybridized carbons (Fsp3) is 0.545. The molecule has 0 aliphatic carbocycles. The number of carboxylic acids is 1. The molecular weight excluding hydrogens is 400 g/mol. The van der Waals surface area contributed by atoms with Crippen LogP contribution in [0.3, 0.4) is 0 Å². The fourth-order valence-corrected chi connectivity index (χ4v) is 3.61. The molecule has 4 atom stereocenters. The number of nitrogens with one attached hydrogen (secondary N) is 2. The van der Waals surface area contributed by atoms with Crippen LogP contribution in [0.2, 0.25) is 0 Å². The zero-order valence-corrected chi connectivity index (χ0v) is 18.3. The Hall–Kier alpha value is -2.94. The molecule has 9 heteroatoms. The maximum absolute atomic E-state index is 13.2. The molecular formula is C22H33N4O5+. The number of hydrogen-bond acceptors (Lipinski definition) is 4. The summed E-state index contributed by atoms with van der Waals surface area (Å²) in [5.41, 5.74) is 4.47. The summed E-state index contributed by atoms with van der Waals surface area (Å²) < 4.78 is 0. The summed E-state index contributed by atoms with van der Waals surface area (Å²) in [5, 5.41) is 14.9. The van der Waals surface area contributed by atoms with Crippen molar-refractivity contribution in [1.82, 2.24) is 15.5 Å². The van der Waals surface area contributed by atoms with Gasteiger partial charge in [0.05, 0.1) is 0 Å². The SMILES string of the molecule is CC(C)[C@H](NC(=O)[C@H](C)[NH3+])C(=O)N1CCC[C@H]1C(=O)N[C@@H](Cc1ccccc1)C(=O)O. The highest BCUT2D eigenvalue weighted by Gasteiger charge is 2.40. The molecule has 0 saturated carbocycles. The Morgan fingerprint density at radius 1 is 1.13 bits per heavy atom. The topological polar surface area (TPSA) is 143 Å². The van der Waals surface area contributed by atoms with Crippen LogP contribution in [-0.4, -0.2) is 64.4 Å². The number of rotatable bonds is 9. The molecule has 0 spiro atoms. The molecule has 1 aromatic rings. The van der Waals surface area contributed by atoms with E-state index in [0.29, 0.717) is 19.4 Å². The van der Waals surface area contributed by atoms with Crippen LogP contribution in [0.15, 0.2) is 30.3 Å². The van der Waals surface area contributed by atoms with E-state index in [4.69, 9.17) is 0 Å². The minimum Gasteiger partial charge on any atom is -0.480 e. The lowest BCUT2D eigenvalue weighted by atomic mass is 10.0. The highest BCUT2D eigenvalue weighted by molar-refractivity contribution is 5.94. The number of nitrogens with zero attached hydrogens (tertiary/aromatic N) is 1. The summed E-state index contributed by atoms with van der Waals surface area (Å²) in [5.74, 6) is -2.47. The number of benzene rings is 1. The third-order valence-electron chi connectivity index (χ3n) is 5.41. The largest absolute Gasteiger partial charge is 0.480 e. The first-order chi connectivity index (χ1) is 14.6. The van der Waals surface area contributed by atoms with Crippen molar-refractivity contribution in [2.24, 2.45) is 5.92 Å². The van der Waals surface area contributed by atoms with Crippen molar-refractivity contribution in [3.8, 4) is 0 Å². The van der Waals surface area contributed by atoms with Crippen molar-refractivity contribution in [2.75, 3.05) is 6.54 Å². The van der Waals surface area contributed by atoms with Gasteiger partial charge in [0.25, 0.3) is 5.91 Å². The van der Waals surface area contributed by atoms with E-state index in [1.807, 2.05) is 19.9 Å². The quantitative estimate of drug-likeness (QED) is 0.417. The molecule has 9 nitrogen and oxygen atoms in total. The standard InChI is InChI=1S/C22H32N4O5/c1-13(2)18(25-19(27)14(3)23)21(29)26-11-7-10-17(26)20(28)24-16(22(30)31)12-15-8-5-4-6-9-15/h4-6,8-9,13-14,16-18H,7,10-12,23H2,1-3H3,(H,24,28)(H,25,27)(H,30,31)/p+1/t14-,16-,17-,18-/m0/s1. The number of hydrogen-bond donors (Lipinski definition) is 4. The molecule has 1 aliphatic heterocycles. The molecule has 0 radical (unpaired) electrons. The third-order valence-corrected chi connectivity index (χ3v) is 5.41. The van der Waals surface area contributed by atoms with Crippen molar-refractivity contribution < 1.29 is 30.0 Å². The summed E-state index contributed by atoms with van der Waals surface area (Å²) in [6.07, 6.45) is 1.22. The van der Waals surface area contributed by atoms with Crippen LogP contribution in [0, 0.1) is 5.92 Å². The number of amides is 3. The lowest BCUT2D eigenvalue weighted by Gasteiger charge is -2.31. The lowest BCUT2D eigenvalue weighted by molar-refractivity contribution is -0.398. The van der Waals surface area contributed by atoms with Gasteiger partial charge < -0.3 is 26.4 Å². The Bertz CT molecular complexity index is 796. The van der Waals surface area contributed by atoms with Gasteiger partial charge in [-0.25, -0.2) is 4.79 Å². The molecule has 170 valence electrons. The maximum Gasteiger partial charge on any atom is 0.326 e. The van der Waals surface area contributed by atoms with E-state index >= 15 is 0 Å². The minimum absolute atomic E-state index is 0.147. The Kier molecular flexibility index (Phi) is 8.56. The Morgan fingerprint density at radius 3 is 2.32 bits per heavy atom. The van der Waals surface area contributed by atoms with Gasteiger partial charge in [-0.3, -0.25) is 14.4 Å². The highest BCUT2D eigenvalue weighted by Crippen LogP contribution is 2.21. The Morgan fingerprint density at radius 2 is 1.77 bits per heavy atom. The average Bonchev–Trinajstić information content (AvgIpc) is 3.21. The van der Waals surface area contributed by atoms with Crippen LogP contribution < -0.4 is 16.4 Å². The number of carboxylic acid groups (broad SMARTS) is 1. The van der Waals surface area contributed by atoms with E-state index < -0.39 is 36.0 Å². The fourth-order valence-electron chi connectivity index (χ4n) is 3.61. The van der Waals surface area contributed by atoms with Crippen molar-refractivity contribution in [3.63, 3.8) is 0 Å². The molecule has 1 saturated heterocycles. The molecule has 1 aliphatic rings. The van der Waals surface area contributed by atoms with E-state index in [0.717, 1.165) is 5.56 Å². The maximum atomic E-state index is 13.2. The smallest absolute Gasteiger partial charge is 0.326 e. The zero-order valence-electron chi connectivity index (χ0n) is 18.3. The number of quaternary nitrogens is 1. The molecule has 0 bridgehead atoms. The monoisotopic (exact) mass is 433 g/mol. The Labute approximate surface area is 182 Å². The van der Waals surface area contributed by atoms with Crippen molar-refractivity contribution in [2.45, 2.75) is 64.2 Å². The van der Waals surface area contributed by atoms with Gasteiger partial charge in [0.1, 0.15) is 18.1 Å². The zero-order chi connectivity index (χ0) is 23.1. The summed E-state index contributed by atoms with van der Waals surface area (Å²) in [6, 6.07) is 5.89. The van der Waals surface area contributed by atoms with E-state index in [2.05, 4.69) is 16.4 Å². The molecule has 2 rings (SSSR count). The summed E-state index contributed by atoms with van der Waals surface area (Å²) in [7, 11) is 0. The van der Waals surface area contributed by atoms with Crippen LogP contribution in [0.5, 0.6) is 0 Å². The van der Waals surface area contributed by atoms with E-state index in [1.165, 1.54) is 4.90 Å². The predicted octanol–water partition coefficient (Wildman–Crippen LogP) is -0.439. The van der Waals surface area contributed by atoms with E-state index in [9.17, 15) is 24.3 Å². The lowest BCUT2D eigenvalue weighted by Crippen LogP contribution is -2.68. The molecule has 31 heavy (non-hydrogen) atoms. The van der Waals surface area contributed by atoms with Gasteiger partial charge in [0, 0.05) is 13.0 Å². The van der Waals surface area contributed by atoms with Crippen LogP contribution >= 0.6 is 0 Å². The van der Waals surface area contributed by atoms with Crippen molar-refractivity contribution in [1.29, 1.82) is 0 Å². The molecule has 1 aromatic carbocycles. The van der Waals surface area contributed by atoms with Crippen LogP contribution in [0.4, 0.5) is 0 Å². The first kappa shape index (κ1) is 24.3. The van der Waals surface area contributed by atoms with E-state index in [1.54, 1.807) is 31.2 Å². The molecule has 3 amide bonds. The molecule has 0 aromatic heterocycles. The number of likely N-dealkylation sites (tertiary alicyclic amines) is 1. The predicted molar refractivity (Wildman–Crippen MR) is 114 cm³/mol. The van der Waals surface area contributed by atoms with Gasteiger partial charge in [0.2, 0.25) is 11.8 Å². The second kappa shape index (κ2) is 10.9. The van der Waals surface area contributed by atoms with Gasteiger partial charge in [-0.15, -0.1) is 0 Å². The summed E-state index contributed by atoms with van der Waals surface area (Å²) in [6.45, 7) is 5.67. The van der Waals surface area contributed by atoms with Gasteiger partial charge in [-0.1, -0.05) is 44.2 Å². The van der Waals surface area contributed by atoms with Gasteiger partial charge >= 0.3 is 5.97 Å². The second-order valence-electron chi connectivity index (χ2n) is 8.41. The summed E-state index contributed by atoms with van der Waals surface area (Å²) in [4.78, 5) is 51.3. The Balaban J connectivity index is 2.11. The third kappa shape index (κ3) is 6.52. The number of aliphatic carboxylic acids is 1. The van der Waals surface area contributed by atoms with Crippen LogP contribution in [0.1, 0.15) is 39.2 Å². The van der Waals surface area contributed by atoms with Crippen molar-refractivity contribution >= 4 is 23.7 Å². The first-order valence-corrected chi connectivity index (χ1v) is 10.6. The second-order valence-corrected chi connectivity index (χ2v) is 8.41. The number of carbonyl (C=O) groups excluding carboxylic acids is 3. The molecule has 0 unspecified atom stereocenters. The summed E-state index contributed by atoms with van der Waals surface area (Å²) >= 11 is 0. The average molecular weight is 434 g/mol. The van der Waals surface area contributed by atoms with Crippen LogP contribution in [0.25, 0.3) is 0 Å². The highest BCUT2D eigenvalue weighted by atomic mass is 16.4. The number of carbonyl (C=O) groups is 4. The first-order valence-electron chi connectivity index (χ1n) is 10.6. The van der Waals surface area contributed by atoms with Gasteiger partial charge in [-0.05, 0) is 31.2 Å². The molecule has 1 fully saturated rings. The van der Waals surface area contributed by atoms with Gasteiger partial charge in [0.15, 0.2) is 6.04 Å². The minimum atomic E-state index is -1.13. The molecule has 1 heterocycles. The van der Waals surface area contributed by atoms with Gasteiger partial charge in [-0.2, -0.15) is 0 Å². The van der Waals surface area contributed by atoms with E-state index in [-0.39, 0.29) is 24.2 Å². The van der Waals surface area contributed by atoms with Crippen LogP contribution in [-0.2, 0) is 25.6 Å². The normalized spacial score (nSPS) is 18.9. The molecule has 6 N–H and O–H groups in total.